The van der Waals surface area contributed by atoms with E-state index in [1.54, 1.807) is 24.3 Å². The Morgan fingerprint density at radius 2 is 1.80 bits per heavy atom. The Labute approximate surface area is 114 Å². The zero-order valence-corrected chi connectivity index (χ0v) is 10.7. The van der Waals surface area contributed by atoms with Crippen LogP contribution in [-0.4, -0.2) is 16.8 Å². The van der Waals surface area contributed by atoms with Crippen molar-refractivity contribution in [1.82, 2.24) is 4.98 Å². The van der Waals surface area contributed by atoms with Crippen LogP contribution >= 0.6 is 0 Å². The van der Waals surface area contributed by atoms with Gasteiger partial charge in [-0.1, -0.05) is 6.07 Å². The number of amides is 2. The Bertz CT molecular complexity index is 658. The molecule has 1 aromatic carbocycles. The van der Waals surface area contributed by atoms with Crippen LogP contribution in [0.2, 0.25) is 0 Å². The van der Waals surface area contributed by atoms with Crippen LogP contribution in [0.25, 0.3) is 0 Å². The third kappa shape index (κ3) is 3.61. The maximum atomic E-state index is 12.9. The molecule has 5 nitrogen and oxygen atoms in total. The fraction of sp³-hybridized carbons (Fsp3) is 0.0714. The highest BCUT2D eigenvalue weighted by Crippen LogP contribution is 2.16. The number of nitrogens with zero attached hydrogens (tertiary/aromatic N) is 1. The van der Waals surface area contributed by atoms with E-state index in [0.717, 1.165) is 6.07 Å². The van der Waals surface area contributed by atoms with Crippen molar-refractivity contribution in [3.63, 3.8) is 0 Å². The predicted octanol–water partition coefficient (Wildman–Crippen LogP) is 2.43. The minimum absolute atomic E-state index is 0.169. The second-order valence-electron chi connectivity index (χ2n) is 4.08. The van der Waals surface area contributed by atoms with Crippen LogP contribution < -0.4 is 10.6 Å². The van der Waals surface area contributed by atoms with Crippen molar-refractivity contribution in [2.45, 2.75) is 6.92 Å². The second kappa shape index (κ2) is 5.92. The molecular formula is C14H12FN3O2. The first-order valence-electron chi connectivity index (χ1n) is 5.85. The van der Waals surface area contributed by atoms with Gasteiger partial charge in [0.2, 0.25) is 11.9 Å². The average molecular weight is 273 g/mol. The zero-order chi connectivity index (χ0) is 14.5. The van der Waals surface area contributed by atoms with E-state index in [-0.39, 0.29) is 11.5 Å². The van der Waals surface area contributed by atoms with Crippen molar-refractivity contribution < 1.29 is 14.0 Å². The molecule has 0 bridgehead atoms. The molecule has 0 fully saturated rings. The average Bonchev–Trinajstić information content (AvgIpc) is 2.38. The summed E-state index contributed by atoms with van der Waals surface area (Å²) in [7, 11) is 0. The first-order chi connectivity index (χ1) is 9.54. The van der Waals surface area contributed by atoms with Gasteiger partial charge in [0.05, 0.1) is 0 Å². The fourth-order valence-corrected chi connectivity index (χ4v) is 1.62. The summed E-state index contributed by atoms with van der Waals surface area (Å²) < 4.78 is 12.9. The quantitative estimate of drug-likeness (QED) is 0.844. The van der Waals surface area contributed by atoms with Crippen molar-refractivity contribution >= 4 is 23.2 Å². The van der Waals surface area contributed by atoms with Crippen LogP contribution in [0.1, 0.15) is 17.3 Å². The Morgan fingerprint density at radius 1 is 1.10 bits per heavy atom. The minimum atomic E-state index is -0.718. The molecule has 2 N–H and O–H groups in total. The van der Waals surface area contributed by atoms with Gasteiger partial charge in [0, 0.05) is 36.1 Å². The van der Waals surface area contributed by atoms with Gasteiger partial charge in [-0.2, -0.15) is 4.39 Å². The number of hydrogen-bond donors (Lipinski definition) is 2. The molecule has 1 heterocycles. The number of hydrogen-bond acceptors (Lipinski definition) is 3. The first kappa shape index (κ1) is 13.7. The standard InChI is InChI=1S/C14H12FN3O2/c1-9(19)17-11-3-2-4-12(8-11)18-14(20)10-5-6-16-13(15)7-10/h2-8H,1H3,(H,17,19)(H,18,20). The van der Waals surface area contributed by atoms with E-state index in [4.69, 9.17) is 0 Å². The summed E-state index contributed by atoms with van der Waals surface area (Å²) in [5.74, 6) is -1.37. The van der Waals surface area contributed by atoms with E-state index < -0.39 is 11.9 Å². The molecule has 0 atom stereocenters. The van der Waals surface area contributed by atoms with Crippen LogP contribution in [0, 0.1) is 5.95 Å². The Morgan fingerprint density at radius 3 is 2.45 bits per heavy atom. The monoisotopic (exact) mass is 273 g/mol. The van der Waals surface area contributed by atoms with E-state index in [1.165, 1.54) is 19.2 Å². The number of halogens is 1. The van der Waals surface area contributed by atoms with E-state index >= 15 is 0 Å². The van der Waals surface area contributed by atoms with Crippen molar-refractivity contribution in [1.29, 1.82) is 0 Å². The van der Waals surface area contributed by atoms with Crippen LogP contribution in [0.15, 0.2) is 42.6 Å². The number of nitrogens with one attached hydrogen (secondary N) is 2. The third-order valence-electron chi connectivity index (χ3n) is 2.43. The molecule has 0 aliphatic rings. The van der Waals surface area contributed by atoms with Crippen LogP contribution in [0.5, 0.6) is 0 Å². The van der Waals surface area contributed by atoms with Crippen molar-refractivity contribution in [3.05, 3.63) is 54.1 Å². The van der Waals surface area contributed by atoms with Gasteiger partial charge in [0.15, 0.2) is 0 Å². The zero-order valence-electron chi connectivity index (χ0n) is 10.7. The maximum Gasteiger partial charge on any atom is 0.255 e. The molecule has 0 radical (unpaired) electrons. The van der Waals surface area contributed by atoms with Gasteiger partial charge in [-0.25, -0.2) is 4.98 Å². The molecule has 0 unspecified atom stereocenters. The molecular weight excluding hydrogens is 261 g/mol. The summed E-state index contributed by atoms with van der Waals surface area (Å²) in [5, 5.41) is 5.22. The van der Waals surface area contributed by atoms with Crippen molar-refractivity contribution in [2.24, 2.45) is 0 Å². The molecule has 20 heavy (non-hydrogen) atoms. The van der Waals surface area contributed by atoms with Crippen molar-refractivity contribution in [3.8, 4) is 0 Å². The lowest BCUT2D eigenvalue weighted by Gasteiger charge is -2.07. The van der Waals surface area contributed by atoms with Gasteiger partial charge < -0.3 is 10.6 Å². The number of anilines is 2. The van der Waals surface area contributed by atoms with E-state index in [2.05, 4.69) is 15.6 Å². The normalized spacial score (nSPS) is 9.90. The predicted molar refractivity (Wildman–Crippen MR) is 72.9 cm³/mol. The number of carbonyl (C=O) groups is 2. The lowest BCUT2D eigenvalue weighted by molar-refractivity contribution is -0.114. The summed E-state index contributed by atoms with van der Waals surface area (Å²) in [6, 6.07) is 9.12. The van der Waals surface area contributed by atoms with E-state index in [1.807, 2.05) is 0 Å². The number of carbonyl (C=O) groups excluding carboxylic acids is 2. The van der Waals surface area contributed by atoms with Gasteiger partial charge in [-0.15, -0.1) is 0 Å². The first-order valence-corrected chi connectivity index (χ1v) is 5.85. The molecule has 2 rings (SSSR count). The highest BCUT2D eigenvalue weighted by molar-refractivity contribution is 6.04. The highest BCUT2D eigenvalue weighted by atomic mass is 19.1. The lowest BCUT2D eigenvalue weighted by atomic mass is 10.2. The summed E-state index contributed by atoms with van der Waals surface area (Å²) in [6.07, 6.45) is 1.22. The Hall–Kier alpha value is -2.76. The van der Waals surface area contributed by atoms with Crippen LogP contribution in [-0.2, 0) is 4.79 Å². The summed E-state index contributed by atoms with van der Waals surface area (Å²) in [5.41, 5.74) is 1.23. The molecule has 0 aliphatic carbocycles. The molecule has 102 valence electrons. The molecule has 0 aliphatic heterocycles. The van der Waals surface area contributed by atoms with Gasteiger partial charge in [0.1, 0.15) is 0 Å². The molecule has 6 heteroatoms. The molecule has 0 saturated carbocycles. The largest absolute Gasteiger partial charge is 0.326 e. The smallest absolute Gasteiger partial charge is 0.255 e. The topological polar surface area (TPSA) is 71.1 Å². The van der Waals surface area contributed by atoms with Gasteiger partial charge in [-0.3, -0.25) is 9.59 Å². The van der Waals surface area contributed by atoms with Gasteiger partial charge >= 0.3 is 0 Å². The maximum absolute atomic E-state index is 12.9. The number of rotatable bonds is 3. The molecule has 0 saturated heterocycles. The molecule has 1 aromatic heterocycles. The second-order valence-corrected chi connectivity index (χ2v) is 4.08. The number of pyridine rings is 1. The molecule has 2 amide bonds. The summed E-state index contributed by atoms with van der Waals surface area (Å²) >= 11 is 0. The fourth-order valence-electron chi connectivity index (χ4n) is 1.62. The summed E-state index contributed by atoms with van der Waals surface area (Å²) in [6.45, 7) is 1.39. The third-order valence-corrected chi connectivity index (χ3v) is 2.43. The van der Waals surface area contributed by atoms with Crippen LogP contribution in [0.3, 0.4) is 0 Å². The lowest BCUT2D eigenvalue weighted by Crippen LogP contribution is -2.13. The highest BCUT2D eigenvalue weighted by Gasteiger charge is 2.08. The minimum Gasteiger partial charge on any atom is -0.326 e. The molecule has 2 aromatic rings. The SMILES string of the molecule is CC(=O)Nc1cccc(NC(=O)c2ccnc(F)c2)c1. The Kier molecular flexibility index (Phi) is 4.05. The van der Waals surface area contributed by atoms with Gasteiger partial charge in [-0.05, 0) is 24.3 Å². The van der Waals surface area contributed by atoms with E-state index in [9.17, 15) is 14.0 Å². The van der Waals surface area contributed by atoms with Crippen LogP contribution in [0.4, 0.5) is 15.8 Å². The molecule has 0 spiro atoms. The van der Waals surface area contributed by atoms with E-state index in [0.29, 0.717) is 11.4 Å². The van der Waals surface area contributed by atoms with Crippen molar-refractivity contribution in [2.75, 3.05) is 10.6 Å². The number of benzene rings is 1. The Balaban J connectivity index is 2.13. The number of aromatic nitrogens is 1. The van der Waals surface area contributed by atoms with Gasteiger partial charge in [0.25, 0.3) is 5.91 Å². The summed E-state index contributed by atoms with van der Waals surface area (Å²) in [4.78, 5) is 26.2.